The number of aromatic nitrogens is 3. The van der Waals surface area contributed by atoms with Crippen LogP contribution in [0.4, 0.5) is 0 Å². The van der Waals surface area contributed by atoms with Crippen molar-refractivity contribution in [3.8, 4) is 0 Å². The van der Waals surface area contributed by atoms with Crippen molar-refractivity contribution < 1.29 is 8.42 Å². The highest BCUT2D eigenvalue weighted by Gasteiger charge is 2.18. The van der Waals surface area contributed by atoms with Gasteiger partial charge in [-0.3, -0.25) is 0 Å². The van der Waals surface area contributed by atoms with Gasteiger partial charge in [-0.15, -0.1) is 10.2 Å². The Hall–Kier alpha value is -1.41. The van der Waals surface area contributed by atoms with Gasteiger partial charge in [0, 0.05) is 4.47 Å². The van der Waals surface area contributed by atoms with Crippen LogP contribution in [0.1, 0.15) is 11.1 Å². The van der Waals surface area contributed by atoms with Crippen molar-refractivity contribution >= 4 is 26.0 Å². The van der Waals surface area contributed by atoms with E-state index in [9.17, 15) is 8.42 Å². The minimum absolute atomic E-state index is 0.233. The van der Waals surface area contributed by atoms with Crippen molar-refractivity contribution in [3.05, 3.63) is 40.4 Å². The van der Waals surface area contributed by atoms with Crippen molar-refractivity contribution in [2.45, 2.75) is 18.7 Å². The van der Waals surface area contributed by atoms with Crippen molar-refractivity contribution in [3.63, 3.8) is 0 Å². The fourth-order valence-electron chi connectivity index (χ4n) is 1.48. The number of aryl methyl sites for hydroxylation is 2. The molecule has 0 aliphatic heterocycles. The first-order valence-electron chi connectivity index (χ1n) is 5.04. The maximum Gasteiger partial charge on any atom is 0.275 e. The van der Waals surface area contributed by atoms with Crippen molar-refractivity contribution in [2.75, 3.05) is 4.83 Å². The first-order valence-corrected chi connectivity index (χ1v) is 7.32. The Bertz CT molecular complexity index is 667. The van der Waals surface area contributed by atoms with Crippen LogP contribution in [0, 0.1) is 13.8 Å². The molecule has 0 saturated heterocycles. The second-order valence-corrected chi connectivity index (χ2v) is 6.31. The summed E-state index contributed by atoms with van der Waals surface area (Å²) in [5.74, 6) is 0. The molecule has 0 saturated carbocycles. The van der Waals surface area contributed by atoms with Gasteiger partial charge in [0.2, 0.25) is 0 Å². The SMILES string of the molecule is Cc1cc(S(=O)(=O)Nn2cnnc2)c(C)cc1Br. The summed E-state index contributed by atoms with van der Waals surface area (Å²) >= 11 is 3.37. The molecule has 0 radical (unpaired) electrons. The second-order valence-electron chi connectivity index (χ2n) is 3.83. The van der Waals surface area contributed by atoms with Crippen LogP contribution in [0.25, 0.3) is 0 Å². The second kappa shape index (κ2) is 4.69. The summed E-state index contributed by atoms with van der Waals surface area (Å²) in [7, 11) is -3.64. The molecule has 0 bridgehead atoms. The molecule has 0 unspecified atom stereocenters. The third-order valence-electron chi connectivity index (χ3n) is 2.39. The van der Waals surface area contributed by atoms with Gasteiger partial charge in [-0.1, -0.05) is 15.9 Å². The number of rotatable bonds is 3. The summed E-state index contributed by atoms with van der Waals surface area (Å²) in [5.41, 5.74) is 1.51. The lowest BCUT2D eigenvalue weighted by Crippen LogP contribution is -2.22. The molecule has 2 rings (SSSR count). The van der Waals surface area contributed by atoms with Crippen LogP contribution in [-0.2, 0) is 10.0 Å². The van der Waals surface area contributed by atoms with Gasteiger partial charge in [0.25, 0.3) is 10.0 Å². The van der Waals surface area contributed by atoms with Crippen molar-refractivity contribution in [1.29, 1.82) is 0 Å². The molecule has 1 aromatic carbocycles. The van der Waals surface area contributed by atoms with Crippen LogP contribution >= 0.6 is 15.9 Å². The summed E-state index contributed by atoms with van der Waals surface area (Å²) in [5, 5.41) is 7.07. The number of halogens is 1. The lowest BCUT2D eigenvalue weighted by atomic mass is 10.2. The first-order chi connectivity index (χ1) is 8.40. The van der Waals surface area contributed by atoms with E-state index < -0.39 is 10.0 Å². The average molecular weight is 331 g/mol. The lowest BCUT2D eigenvalue weighted by molar-refractivity contribution is 0.594. The highest BCUT2D eigenvalue weighted by molar-refractivity contribution is 9.10. The molecular formula is C10H11BrN4O2S. The largest absolute Gasteiger partial charge is 0.275 e. The minimum Gasteiger partial charge on any atom is -0.221 e. The van der Waals surface area contributed by atoms with Gasteiger partial charge in [-0.05, 0) is 37.1 Å². The van der Waals surface area contributed by atoms with E-state index in [-0.39, 0.29) is 4.90 Å². The maximum absolute atomic E-state index is 12.2. The number of sulfonamides is 1. The standard InChI is InChI=1S/C10H11BrN4O2S/c1-7-4-10(8(2)3-9(7)11)18(16,17)14-15-5-12-13-6-15/h3-6,14H,1-2H3. The van der Waals surface area contributed by atoms with Gasteiger partial charge in [0.15, 0.2) is 0 Å². The van der Waals surface area contributed by atoms with Gasteiger partial charge >= 0.3 is 0 Å². The third-order valence-corrected chi connectivity index (χ3v) is 4.71. The van der Waals surface area contributed by atoms with Crippen LogP contribution in [-0.4, -0.2) is 23.3 Å². The molecule has 0 amide bonds. The van der Waals surface area contributed by atoms with Gasteiger partial charge < -0.3 is 0 Å². The lowest BCUT2D eigenvalue weighted by Gasteiger charge is -2.11. The molecule has 0 aliphatic rings. The quantitative estimate of drug-likeness (QED) is 0.927. The zero-order valence-corrected chi connectivity index (χ0v) is 12.2. The van der Waals surface area contributed by atoms with E-state index >= 15 is 0 Å². The molecule has 0 atom stereocenters. The molecule has 1 heterocycles. The van der Waals surface area contributed by atoms with Crippen LogP contribution < -0.4 is 4.83 Å². The van der Waals surface area contributed by atoms with Crippen molar-refractivity contribution in [1.82, 2.24) is 14.9 Å². The Morgan fingerprint density at radius 2 is 1.78 bits per heavy atom. The van der Waals surface area contributed by atoms with Crippen molar-refractivity contribution in [2.24, 2.45) is 0 Å². The maximum atomic E-state index is 12.2. The van der Waals surface area contributed by atoms with E-state index in [1.54, 1.807) is 19.1 Å². The molecule has 0 fully saturated rings. The predicted octanol–water partition coefficient (Wildman–Crippen LogP) is 1.59. The number of nitrogens with one attached hydrogen (secondary N) is 1. The fraction of sp³-hybridized carbons (Fsp3) is 0.200. The molecule has 1 aromatic heterocycles. The third kappa shape index (κ3) is 2.54. The molecule has 18 heavy (non-hydrogen) atoms. The minimum atomic E-state index is -3.64. The fourth-order valence-corrected chi connectivity index (χ4v) is 3.22. The van der Waals surface area contributed by atoms with Gasteiger partial charge in [0.1, 0.15) is 12.7 Å². The van der Waals surface area contributed by atoms with Crippen LogP contribution in [0.3, 0.4) is 0 Å². The van der Waals surface area contributed by atoms with E-state index in [0.29, 0.717) is 5.56 Å². The van der Waals surface area contributed by atoms with Gasteiger partial charge in [0.05, 0.1) is 4.90 Å². The zero-order chi connectivity index (χ0) is 13.3. The number of hydrogen-bond donors (Lipinski definition) is 1. The van der Waals surface area contributed by atoms with Crippen LogP contribution in [0.15, 0.2) is 34.2 Å². The first kappa shape index (κ1) is 13.0. The van der Waals surface area contributed by atoms with Gasteiger partial charge in [-0.2, -0.15) is 8.42 Å². The summed E-state index contributed by atoms with van der Waals surface area (Å²) in [6.45, 7) is 3.58. The van der Waals surface area contributed by atoms with E-state index in [1.165, 1.54) is 17.3 Å². The summed E-state index contributed by atoms with van der Waals surface area (Å²) < 4.78 is 26.4. The predicted molar refractivity (Wildman–Crippen MR) is 70.2 cm³/mol. The Morgan fingerprint density at radius 1 is 1.17 bits per heavy atom. The zero-order valence-electron chi connectivity index (χ0n) is 9.75. The monoisotopic (exact) mass is 330 g/mol. The van der Waals surface area contributed by atoms with Crippen LogP contribution in [0.5, 0.6) is 0 Å². The van der Waals surface area contributed by atoms with E-state index in [1.807, 2.05) is 6.92 Å². The Morgan fingerprint density at radius 3 is 2.39 bits per heavy atom. The number of hydrogen-bond acceptors (Lipinski definition) is 4. The number of nitrogens with zero attached hydrogens (tertiary/aromatic N) is 3. The van der Waals surface area contributed by atoms with Gasteiger partial charge in [-0.25, -0.2) is 9.51 Å². The average Bonchev–Trinajstić information content (AvgIpc) is 2.75. The van der Waals surface area contributed by atoms with E-state index in [0.717, 1.165) is 10.0 Å². The summed E-state index contributed by atoms with van der Waals surface area (Å²) in [6, 6.07) is 3.39. The molecule has 8 heteroatoms. The van der Waals surface area contributed by atoms with E-state index in [4.69, 9.17) is 0 Å². The highest BCUT2D eigenvalue weighted by Crippen LogP contribution is 2.24. The Balaban J connectivity index is 2.44. The molecule has 2 aromatic rings. The number of benzene rings is 1. The highest BCUT2D eigenvalue weighted by atomic mass is 79.9. The molecule has 1 N–H and O–H groups in total. The molecular weight excluding hydrogens is 320 g/mol. The molecule has 6 nitrogen and oxygen atoms in total. The smallest absolute Gasteiger partial charge is 0.221 e. The summed E-state index contributed by atoms with van der Waals surface area (Å²) in [4.78, 5) is 2.58. The molecule has 0 spiro atoms. The molecule has 96 valence electrons. The Labute approximate surface area is 113 Å². The van der Waals surface area contributed by atoms with Crippen LogP contribution in [0.2, 0.25) is 0 Å². The van der Waals surface area contributed by atoms with E-state index in [2.05, 4.69) is 31.0 Å². The summed E-state index contributed by atoms with van der Waals surface area (Å²) in [6.07, 6.45) is 2.55. The topological polar surface area (TPSA) is 76.9 Å². The molecule has 0 aliphatic carbocycles. The Kier molecular flexibility index (Phi) is 3.40. The normalized spacial score (nSPS) is 11.5.